The summed E-state index contributed by atoms with van der Waals surface area (Å²) in [6.07, 6.45) is 0. The van der Waals surface area contributed by atoms with Crippen LogP contribution in [0, 0.1) is 0 Å². The maximum absolute atomic E-state index is 4.96. The molecule has 38 heavy (non-hydrogen) atoms. The third kappa shape index (κ3) is 5.33. The van der Waals surface area contributed by atoms with Gasteiger partial charge in [0, 0.05) is 18.2 Å². The lowest BCUT2D eigenvalue weighted by Crippen LogP contribution is -2.10. The zero-order chi connectivity index (χ0) is 27.1. The van der Waals surface area contributed by atoms with E-state index in [1.54, 1.807) is 0 Å². The topological polar surface area (TPSA) is 30.7 Å². The van der Waals surface area contributed by atoms with Crippen molar-refractivity contribution in [2.24, 2.45) is 7.05 Å². The Morgan fingerprint density at radius 3 is 1.39 bits per heavy atom. The maximum atomic E-state index is 4.96. The predicted octanol–water partition coefficient (Wildman–Crippen LogP) is 9.08. The molecule has 192 valence electrons. The Morgan fingerprint density at radius 2 is 0.947 bits per heavy atom. The maximum Gasteiger partial charge on any atom is 0.181 e. The summed E-state index contributed by atoms with van der Waals surface area (Å²) in [5.41, 5.74) is 9.68. The summed E-state index contributed by atoms with van der Waals surface area (Å²) < 4.78 is 1.89. The monoisotopic (exact) mass is 499 g/mol. The van der Waals surface area contributed by atoms with Crippen LogP contribution in [0.15, 0.2) is 97.1 Å². The molecule has 4 aromatic carbocycles. The van der Waals surface area contributed by atoms with Crippen molar-refractivity contribution in [2.45, 2.75) is 52.4 Å². The summed E-state index contributed by atoms with van der Waals surface area (Å²) in [5.74, 6) is 1.59. The van der Waals surface area contributed by atoms with Crippen molar-refractivity contribution in [2.75, 3.05) is 0 Å². The molecule has 5 aromatic rings. The molecule has 0 amide bonds. The van der Waals surface area contributed by atoms with Gasteiger partial charge in [-0.2, -0.15) is 5.10 Å². The fourth-order valence-corrected chi connectivity index (χ4v) is 4.76. The van der Waals surface area contributed by atoms with Crippen LogP contribution in [-0.4, -0.2) is 14.8 Å². The number of benzene rings is 4. The molecular formula is C35H37N3. The van der Waals surface area contributed by atoms with Crippen molar-refractivity contribution < 1.29 is 0 Å². The van der Waals surface area contributed by atoms with E-state index in [-0.39, 0.29) is 10.8 Å². The number of aryl methyl sites for hydroxylation is 1. The lowest BCUT2D eigenvalue weighted by atomic mass is 9.85. The molecule has 0 atom stereocenters. The lowest BCUT2D eigenvalue weighted by molar-refractivity contribution is 0.590. The van der Waals surface area contributed by atoms with Gasteiger partial charge in [0.15, 0.2) is 11.6 Å². The Balaban J connectivity index is 1.64. The minimum Gasteiger partial charge on any atom is -0.248 e. The van der Waals surface area contributed by atoms with Gasteiger partial charge in [-0.25, -0.2) is 9.67 Å². The van der Waals surface area contributed by atoms with Crippen LogP contribution in [0.3, 0.4) is 0 Å². The SMILES string of the molecule is Cn1nc(-c2ccccc2)nc1-c1cc(-c2ccc(C(C)(C)C)cc2)cc(-c2ccc(C(C)(C)C)cc2)c1. The molecule has 1 heterocycles. The Kier molecular flexibility index (Phi) is 6.56. The van der Waals surface area contributed by atoms with Gasteiger partial charge in [-0.05, 0) is 62.4 Å². The first-order chi connectivity index (χ1) is 18.0. The normalized spacial score (nSPS) is 12.1. The Hall–Kier alpha value is -3.98. The molecule has 3 nitrogen and oxygen atoms in total. The van der Waals surface area contributed by atoms with Gasteiger partial charge < -0.3 is 0 Å². The molecule has 0 N–H and O–H groups in total. The van der Waals surface area contributed by atoms with Crippen LogP contribution >= 0.6 is 0 Å². The van der Waals surface area contributed by atoms with Crippen LogP contribution in [0.25, 0.3) is 45.0 Å². The quantitative estimate of drug-likeness (QED) is 0.247. The minimum atomic E-state index is 0.118. The van der Waals surface area contributed by atoms with Gasteiger partial charge >= 0.3 is 0 Å². The molecule has 0 unspecified atom stereocenters. The first-order valence-corrected chi connectivity index (χ1v) is 13.3. The smallest absolute Gasteiger partial charge is 0.181 e. The second-order valence-electron chi connectivity index (χ2n) is 12.2. The summed E-state index contributed by atoms with van der Waals surface area (Å²) >= 11 is 0. The molecule has 0 bridgehead atoms. The zero-order valence-corrected chi connectivity index (χ0v) is 23.6. The van der Waals surface area contributed by atoms with Crippen molar-refractivity contribution in [3.05, 3.63) is 108 Å². The van der Waals surface area contributed by atoms with Crippen LogP contribution < -0.4 is 0 Å². The molecule has 0 aliphatic heterocycles. The average molecular weight is 500 g/mol. The fraction of sp³-hybridized carbons (Fsp3) is 0.257. The fourth-order valence-electron chi connectivity index (χ4n) is 4.76. The standard InChI is InChI=1S/C35H37N3/c1-34(2,3)30-17-13-24(14-18-30)27-21-28(25-15-19-31(20-16-25)35(4,5)6)23-29(22-27)33-36-32(37-38(33)7)26-11-9-8-10-12-26/h8-23H,1-7H3. The van der Waals surface area contributed by atoms with Crippen molar-refractivity contribution in [1.82, 2.24) is 14.8 Å². The number of hydrogen-bond donors (Lipinski definition) is 0. The molecule has 0 spiro atoms. The zero-order valence-electron chi connectivity index (χ0n) is 23.6. The van der Waals surface area contributed by atoms with Crippen LogP contribution in [-0.2, 0) is 17.9 Å². The molecule has 0 aliphatic rings. The third-order valence-corrected chi connectivity index (χ3v) is 7.15. The van der Waals surface area contributed by atoms with Gasteiger partial charge in [-0.3, -0.25) is 0 Å². The van der Waals surface area contributed by atoms with Crippen molar-refractivity contribution >= 4 is 0 Å². The Morgan fingerprint density at radius 1 is 0.500 bits per heavy atom. The first-order valence-electron chi connectivity index (χ1n) is 13.3. The number of aromatic nitrogens is 3. The van der Waals surface area contributed by atoms with E-state index in [1.807, 2.05) is 29.9 Å². The molecule has 0 aliphatic carbocycles. The molecule has 1 aromatic heterocycles. The van der Waals surface area contributed by atoms with E-state index in [9.17, 15) is 0 Å². The first kappa shape index (κ1) is 25.7. The molecule has 0 radical (unpaired) electrons. The minimum absolute atomic E-state index is 0.118. The van der Waals surface area contributed by atoms with Gasteiger partial charge in [-0.1, -0.05) is 120 Å². The van der Waals surface area contributed by atoms with Crippen molar-refractivity contribution in [3.63, 3.8) is 0 Å². The average Bonchev–Trinajstić information content (AvgIpc) is 3.30. The summed E-state index contributed by atoms with van der Waals surface area (Å²) in [6, 6.07) is 34.8. The molecular weight excluding hydrogens is 462 g/mol. The Bertz CT molecular complexity index is 1470. The van der Waals surface area contributed by atoms with Crippen LogP contribution in [0.5, 0.6) is 0 Å². The van der Waals surface area contributed by atoms with E-state index < -0.39 is 0 Å². The van der Waals surface area contributed by atoms with Gasteiger partial charge in [0.2, 0.25) is 0 Å². The highest BCUT2D eigenvalue weighted by atomic mass is 15.3. The Labute approximate surface area is 227 Å². The van der Waals surface area contributed by atoms with Gasteiger partial charge in [0.1, 0.15) is 0 Å². The lowest BCUT2D eigenvalue weighted by Gasteiger charge is -2.20. The van der Waals surface area contributed by atoms with Gasteiger partial charge in [0.25, 0.3) is 0 Å². The van der Waals surface area contributed by atoms with Crippen molar-refractivity contribution in [3.8, 4) is 45.0 Å². The van der Waals surface area contributed by atoms with Crippen LogP contribution in [0.1, 0.15) is 52.7 Å². The molecule has 0 saturated carbocycles. The highest BCUT2D eigenvalue weighted by Gasteiger charge is 2.17. The molecule has 0 saturated heterocycles. The summed E-state index contributed by atoms with van der Waals surface area (Å²) in [7, 11) is 1.97. The second kappa shape index (κ2) is 9.72. The number of hydrogen-bond acceptors (Lipinski definition) is 2. The molecule has 0 fully saturated rings. The van der Waals surface area contributed by atoms with Gasteiger partial charge in [-0.15, -0.1) is 0 Å². The number of rotatable bonds is 4. The van der Waals surface area contributed by atoms with E-state index in [1.165, 1.54) is 33.4 Å². The highest BCUT2D eigenvalue weighted by Crippen LogP contribution is 2.35. The largest absolute Gasteiger partial charge is 0.248 e. The summed E-state index contributed by atoms with van der Waals surface area (Å²) in [6.45, 7) is 13.5. The number of nitrogens with zero attached hydrogens (tertiary/aromatic N) is 3. The van der Waals surface area contributed by atoms with E-state index in [4.69, 9.17) is 10.1 Å². The highest BCUT2D eigenvalue weighted by molar-refractivity contribution is 5.80. The molecule has 3 heteroatoms. The van der Waals surface area contributed by atoms with Gasteiger partial charge in [0.05, 0.1) is 0 Å². The third-order valence-electron chi connectivity index (χ3n) is 7.15. The summed E-state index contributed by atoms with van der Waals surface area (Å²) in [4.78, 5) is 4.96. The van der Waals surface area contributed by atoms with Crippen molar-refractivity contribution in [1.29, 1.82) is 0 Å². The summed E-state index contributed by atoms with van der Waals surface area (Å²) in [5, 5.41) is 4.74. The van der Waals surface area contributed by atoms with Crippen LogP contribution in [0.4, 0.5) is 0 Å². The second-order valence-corrected chi connectivity index (χ2v) is 12.2. The van der Waals surface area contributed by atoms with E-state index in [0.29, 0.717) is 0 Å². The van der Waals surface area contributed by atoms with E-state index in [0.717, 1.165) is 22.8 Å². The molecule has 5 rings (SSSR count). The van der Waals surface area contributed by atoms with E-state index in [2.05, 4.69) is 120 Å². The van der Waals surface area contributed by atoms with Crippen LogP contribution in [0.2, 0.25) is 0 Å². The predicted molar refractivity (Wildman–Crippen MR) is 160 cm³/mol. The van der Waals surface area contributed by atoms with E-state index >= 15 is 0 Å².